The fourth-order valence-corrected chi connectivity index (χ4v) is 2.42. The van der Waals surface area contributed by atoms with E-state index in [1.807, 2.05) is 6.07 Å². The maximum Gasteiger partial charge on any atom is 0.125 e. The molecule has 0 aliphatic carbocycles. The average molecular weight is 222 g/mol. The van der Waals surface area contributed by atoms with Crippen LogP contribution >= 0.6 is 0 Å². The lowest BCUT2D eigenvalue weighted by Crippen LogP contribution is -2.59. The highest BCUT2D eigenvalue weighted by atomic mass is 19.1. The third kappa shape index (κ3) is 1.92. The zero-order chi connectivity index (χ0) is 11.8. The summed E-state index contributed by atoms with van der Waals surface area (Å²) in [4.78, 5) is 2.21. The Morgan fingerprint density at radius 3 is 2.88 bits per heavy atom. The van der Waals surface area contributed by atoms with Crippen molar-refractivity contribution < 1.29 is 4.39 Å². The van der Waals surface area contributed by atoms with Crippen LogP contribution in [0.1, 0.15) is 26.7 Å². The van der Waals surface area contributed by atoms with Crippen molar-refractivity contribution in [1.29, 1.82) is 0 Å². The van der Waals surface area contributed by atoms with Crippen molar-refractivity contribution >= 4 is 5.69 Å². The van der Waals surface area contributed by atoms with Crippen LogP contribution in [0.2, 0.25) is 0 Å². The Kier molecular flexibility index (Phi) is 2.89. The van der Waals surface area contributed by atoms with Gasteiger partial charge in [0.15, 0.2) is 0 Å². The molecule has 2 N–H and O–H groups in total. The van der Waals surface area contributed by atoms with Gasteiger partial charge in [-0.25, -0.2) is 4.39 Å². The maximum atomic E-state index is 13.2. The lowest BCUT2D eigenvalue weighted by Gasteiger charge is -2.48. The summed E-state index contributed by atoms with van der Waals surface area (Å²) in [6, 6.07) is 6.90. The Labute approximate surface area is 96.2 Å². The number of anilines is 1. The van der Waals surface area contributed by atoms with E-state index in [2.05, 4.69) is 18.7 Å². The molecule has 1 aliphatic heterocycles. The molecular weight excluding hydrogens is 203 g/mol. The van der Waals surface area contributed by atoms with Gasteiger partial charge in [-0.3, -0.25) is 0 Å². The van der Waals surface area contributed by atoms with Crippen molar-refractivity contribution in [2.24, 2.45) is 5.73 Å². The van der Waals surface area contributed by atoms with Crippen LogP contribution in [-0.4, -0.2) is 18.1 Å². The third-order valence-corrected chi connectivity index (χ3v) is 3.62. The summed E-state index contributed by atoms with van der Waals surface area (Å²) in [5, 5.41) is 0. The van der Waals surface area contributed by atoms with E-state index in [1.165, 1.54) is 6.07 Å². The fourth-order valence-electron chi connectivity index (χ4n) is 2.42. The van der Waals surface area contributed by atoms with Crippen molar-refractivity contribution in [3.05, 3.63) is 30.1 Å². The number of halogens is 1. The standard InChI is InChI=1S/C13H19FN2/c1-13(2)12(15)7-4-8-16(13)11-6-3-5-10(14)9-11/h3,5-6,9,12H,4,7-8,15H2,1-2H3. The van der Waals surface area contributed by atoms with Gasteiger partial charge in [-0.2, -0.15) is 0 Å². The molecule has 0 radical (unpaired) electrons. The number of hydrogen-bond donors (Lipinski definition) is 1. The molecule has 1 unspecified atom stereocenters. The van der Waals surface area contributed by atoms with E-state index in [4.69, 9.17) is 5.73 Å². The average Bonchev–Trinajstić information content (AvgIpc) is 2.22. The highest BCUT2D eigenvalue weighted by Crippen LogP contribution is 2.31. The minimum Gasteiger partial charge on any atom is -0.365 e. The Hall–Kier alpha value is -1.09. The minimum atomic E-state index is -0.188. The van der Waals surface area contributed by atoms with Crippen molar-refractivity contribution in [3.8, 4) is 0 Å². The summed E-state index contributed by atoms with van der Waals surface area (Å²) >= 11 is 0. The lowest BCUT2D eigenvalue weighted by molar-refractivity contribution is 0.310. The summed E-state index contributed by atoms with van der Waals surface area (Å²) < 4.78 is 13.2. The molecular formula is C13H19FN2. The van der Waals surface area contributed by atoms with Crippen LogP contribution in [0.25, 0.3) is 0 Å². The first-order valence-electron chi connectivity index (χ1n) is 5.80. The van der Waals surface area contributed by atoms with E-state index < -0.39 is 0 Å². The highest BCUT2D eigenvalue weighted by Gasteiger charge is 2.36. The van der Waals surface area contributed by atoms with E-state index in [0.717, 1.165) is 25.1 Å². The zero-order valence-corrected chi connectivity index (χ0v) is 9.91. The molecule has 1 aromatic carbocycles. The van der Waals surface area contributed by atoms with E-state index in [-0.39, 0.29) is 17.4 Å². The predicted octanol–water partition coefficient (Wildman–Crippen LogP) is 2.53. The smallest absolute Gasteiger partial charge is 0.125 e. The Balaban J connectivity index is 2.32. The lowest BCUT2D eigenvalue weighted by atomic mass is 9.85. The van der Waals surface area contributed by atoms with Crippen LogP contribution in [0.15, 0.2) is 24.3 Å². The summed E-state index contributed by atoms with van der Waals surface area (Å²) in [6.45, 7) is 5.20. The predicted molar refractivity (Wildman–Crippen MR) is 65.0 cm³/mol. The molecule has 0 spiro atoms. The van der Waals surface area contributed by atoms with Crippen LogP contribution in [0.3, 0.4) is 0 Å². The van der Waals surface area contributed by atoms with Crippen LogP contribution < -0.4 is 10.6 Å². The monoisotopic (exact) mass is 222 g/mol. The number of nitrogens with two attached hydrogens (primary N) is 1. The second-order valence-electron chi connectivity index (χ2n) is 5.03. The molecule has 1 aromatic rings. The van der Waals surface area contributed by atoms with Crippen molar-refractivity contribution in [1.82, 2.24) is 0 Å². The number of nitrogens with zero attached hydrogens (tertiary/aromatic N) is 1. The van der Waals surface area contributed by atoms with Gasteiger partial charge in [0.2, 0.25) is 0 Å². The summed E-state index contributed by atoms with van der Waals surface area (Å²) in [6.07, 6.45) is 2.11. The number of piperidine rings is 1. The first-order chi connectivity index (χ1) is 7.51. The molecule has 1 saturated heterocycles. The normalized spacial score (nSPS) is 24.5. The minimum absolute atomic E-state index is 0.105. The van der Waals surface area contributed by atoms with Crippen molar-refractivity contribution in [2.75, 3.05) is 11.4 Å². The van der Waals surface area contributed by atoms with Gasteiger partial charge in [0, 0.05) is 23.8 Å². The van der Waals surface area contributed by atoms with Crippen LogP contribution in [0.5, 0.6) is 0 Å². The Bertz CT molecular complexity index is 376. The number of benzene rings is 1. The largest absolute Gasteiger partial charge is 0.365 e. The van der Waals surface area contributed by atoms with Crippen LogP contribution in [0.4, 0.5) is 10.1 Å². The Morgan fingerprint density at radius 2 is 2.19 bits per heavy atom. The first-order valence-corrected chi connectivity index (χ1v) is 5.80. The van der Waals surface area contributed by atoms with Gasteiger partial charge >= 0.3 is 0 Å². The van der Waals surface area contributed by atoms with Gasteiger partial charge in [0.1, 0.15) is 5.82 Å². The second-order valence-corrected chi connectivity index (χ2v) is 5.03. The molecule has 1 fully saturated rings. The molecule has 0 amide bonds. The molecule has 1 aliphatic rings. The summed E-state index contributed by atoms with van der Waals surface area (Å²) in [7, 11) is 0. The fraction of sp³-hybridized carbons (Fsp3) is 0.538. The topological polar surface area (TPSA) is 29.3 Å². The van der Waals surface area contributed by atoms with Crippen LogP contribution in [0, 0.1) is 5.82 Å². The quantitative estimate of drug-likeness (QED) is 0.791. The van der Waals surface area contributed by atoms with Crippen molar-refractivity contribution in [2.45, 2.75) is 38.3 Å². The van der Waals surface area contributed by atoms with E-state index in [1.54, 1.807) is 12.1 Å². The molecule has 3 heteroatoms. The molecule has 1 heterocycles. The third-order valence-electron chi connectivity index (χ3n) is 3.62. The van der Waals surface area contributed by atoms with Crippen molar-refractivity contribution in [3.63, 3.8) is 0 Å². The van der Waals surface area contributed by atoms with Gasteiger partial charge in [0.05, 0.1) is 0 Å². The molecule has 2 nitrogen and oxygen atoms in total. The van der Waals surface area contributed by atoms with Crippen LogP contribution in [-0.2, 0) is 0 Å². The van der Waals surface area contributed by atoms with E-state index in [9.17, 15) is 4.39 Å². The zero-order valence-electron chi connectivity index (χ0n) is 9.91. The number of hydrogen-bond acceptors (Lipinski definition) is 2. The van der Waals surface area contributed by atoms with Gasteiger partial charge in [0.25, 0.3) is 0 Å². The molecule has 1 atom stereocenters. The second kappa shape index (κ2) is 4.06. The molecule has 0 bridgehead atoms. The first kappa shape index (κ1) is 11.4. The van der Waals surface area contributed by atoms with Gasteiger partial charge in [-0.05, 0) is 44.9 Å². The summed E-state index contributed by atoms with van der Waals surface area (Å²) in [5.74, 6) is -0.188. The van der Waals surface area contributed by atoms with E-state index in [0.29, 0.717) is 0 Å². The number of rotatable bonds is 1. The molecule has 2 rings (SSSR count). The maximum absolute atomic E-state index is 13.2. The van der Waals surface area contributed by atoms with Gasteiger partial charge in [-0.15, -0.1) is 0 Å². The SMILES string of the molecule is CC1(C)C(N)CCCN1c1cccc(F)c1. The summed E-state index contributed by atoms with van der Waals surface area (Å²) in [5.41, 5.74) is 6.97. The highest BCUT2D eigenvalue weighted by molar-refractivity contribution is 5.50. The molecule has 0 saturated carbocycles. The van der Waals surface area contributed by atoms with Gasteiger partial charge in [-0.1, -0.05) is 6.07 Å². The van der Waals surface area contributed by atoms with E-state index >= 15 is 0 Å². The molecule has 88 valence electrons. The van der Waals surface area contributed by atoms with Gasteiger partial charge < -0.3 is 10.6 Å². The molecule has 16 heavy (non-hydrogen) atoms. The molecule has 0 aromatic heterocycles. The Morgan fingerprint density at radius 1 is 1.44 bits per heavy atom.